The van der Waals surface area contributed by atoms with Crippen LogP contribution in [-0.4, -0.2) is 37.6 Å². The van der Waals surface area contributed by atoms with Gasteiger partial charge in [0.1, 0.15) is 23.0 Å². The molecule has 2 aromatic carbocycles. The summed E-state index contributed by atoms with van der Waals surface area (Å²) in [5, 5.41) is 19.7. The summed E-state index contributed by atoms with van der Waals surface area (Å²) >= 11 is 0. The van der Waals surface area contributed by atoms with Gasteiger partial charge in [-0.1, -0.05) is 0 Å². The van der Waals surface area contributed by atoms with Crippen molar-refractivity contribution in [2.75, 3.05) is 27.4 Å². The van der Waals surface area contributed by atoms with Gasteiger partial charge >= 0.3 is 0 Å². The van der Waals surface area contributed by atoms with Gasteiger partial charge in [0, 0.05) is 37.2 Å². The number of methoxy groups -OCH3 is 2. The molecule has 4 rings (SSSR count). The lowest BCUT2D eigenvalue weighted by atomic mass is 9.77. The highest BCUT2D eigenvalue weighted by atomic mass is 16.5. The molecule has 0 spiro atoms. The highest BCUT2D eigenvalue weighted by Gasteiger charge is 2.44. The lowest BCUT2D eigenvalue weighted by Gasteiger charge is -2.42. The van der Waals surface area contributed by atoms with E-state index in [1.165, 1.54) is 0 Å². The molecule has 2 aromatic rings. The van der Waals surface area contributed by atoms with Crippen LogP contribution in [0.4, 0.5) is 0 Å². The van der Waals surface area contributed by atoms with Crippen molar-refractivity contribution in [2.24, 2.45) is 11.8 Å². The lowest BCUT2D eigenvalue weighted by Crippen LogP contribution is -2.41. The molecule has 138 valence electrons. The minimum atomic E-state index is -0.254. The van der Waals surface area contributed by atoms with Crippen molar-refractivity contribution >= 4 is 0 Å². The van der Waals surface area contributed by atoms with Crippen LogP contribution in [0.3, 0.4) is 0 Å². The maximum Gasteiger partial charge on any atom is 0.125 e. The van der Waals surface area contributed by atoms with Crippen LogP contribution in [0.1, 0.15) is 23.3 Å². The van der Waals surface area contributed by atoms with E-state index < -0.39 is 0 Å². The van der Waals surface area contributed by atoms with E-state index >= 15 is 0 Å². The molecule has 2 N–H and O–H groups in total. The molecule has 2 aliphatic heterocycles. The number of hydrogen-bond acceptors (Lipinski definition) is 6. The molecule has 2 heterocycles. The third-order valence-electron chi connectivity index (χ3n) is 5.30. The Labute approximate surface area is 151 Å². The van der Waals surface area contributed by atoms with Crippen LogP contribution in [0.15, 0.2) is 36.4 Å². The summed E-state index contributed by atoms with van der Waals surface area (Å²) < 4.78 is 23.4. The van der Waals surface area contributed by atoms with Gasteiger partial charge in [-0.15, -0.1) is 0 Å². The summed E-state index contributed by atoms with van der Waals surface area (Å²) in [5.74, 6) is 1.72. The normalized spacial score (nSPS) is 27.0. The van der Waals surface area contributed by atoms with Crippen LogP contribution in [0.5, 0.6) is 23.0 Å². The van der Waals surface area contributed by atoms with Crippen molar-refractivity contribution in [1.82, 2.24) is 0 Å². The van der Waals surface area contributed by atoms with E-state index in [1.807, 2.05) is 0 Å². The number of hydrogen-bond donors (Lipinski definition) is 2. The van der Waals surface area contributed by atoms with Crippen molar-refractivity contribution in [3.05, 3.63) is 47.5 Å². The Balaban J connectivity index is 1.70. The molecule has 0 amide bonds. The van der Waals surface area contributed by atoms with Gasteiger partial charge in [-0.05, 0) is 36.4 Å². The maximum atomic E-state index is 9.87. The zero-order chi connectivity index (χ0) is 18.3. The van der Waals surface area contributed by atoms with E-state index in [-0.39, 0.29) is 35.5 Å². The fourth-order valence-electron chi connectivity index (χ4n) is 4.09. The summed E-state index contributed by atoms with van der Waals surface area (Å²) in [4.78, 5) is 0. The monoisotopic (exact) mass is 358 g/mol. The number of phenolic OH excluding ortho intramolecular Hbond substituents is 2. The molecule has 26 heavy (non-hydrogen) atoms. The van der Waals surface area contributed by atoms with Gasteiger partial charge in [0.25, 0.3) is 0 Å². The van der Waals surface area contributed by atoms with Crippen LogP contribution >= 0.6 is 0 Å². The molecule has 0 saturated heterocycles. The number of phenols is 2. The Hall–Kier alpha value is -2.44. The van der Waals surface area contributed by atoms with Crippen molar-refractivity contribution in [1.29, 1.82) is 0 Å². The second-order valence-corrected chi connectivity index (χ2v) is 6.71. The number of aromatic hydroxyl groups is 2. The first-order chi connectivity index (χ1) is 12.6. The van der Waals surface area contributed by atoms with Gasteiger partial charge in [0.05, 0.1) is 25.4 Å². The van der Waals surface area contributed by atoms with E-state index in [4.69, 9.17) is 18.9 Å². The molecule has 2 unspecified atom stereocenters. The molecule has 0 saturated carbocycles. The molecule has 0 aromatic heterocycles. The lowest BCUT2D eigenvalue weighted by molar-refractivity contribution is -0.0815. The zero-order valence-corrected chi connectivity index (χ0v) is 14.7. The van der Waals surface area contributed by atoms with Gasteiger partial charge in [-0.2, -0.15) is 0 Å². The Morgan fingerprint density at radius 3 is 1.58 bits per heavy atom. The SMILES string of the molecule is CO[C@@H]1c2cc(O)ccc2OCC1C1COc2ccc(O)cc2[C@@H]1OC. The van der Waals surface area contributed by atoms with Crippen LogP contribution in [0, 0.1) is 11.8 Å². The molecule has 0 aliphatic carbocycles. The van der Waals surface area contributed by atoms with E-state index in [0.717, 1.165) is 22.6 Å². The Morgan fingerprint density at radius 1 is 0.769 bits per heavy atom. The number of ether oxygens (including phenoxy) is 4. The molecule has 2 aliphatic rings. The number of fused-ring (bicyclic) bond motifs is 2. The second-order valence-electron chi connectivity index (χ2n) is 6.71. The van der Waals surface area contributed by atoms with Gasteiger partial charge < -0.3 is 29.2 Å². The first-order valence-electron chi connectivity index (χ1n) is 8.59. The predicted octanol–water partition coefficient (Wildman–Crippen LogP) is 3.19. The highest BCUT2D eigenvalue weighted by Crippen LogP contribution is 2.49. The minimum absolute atomic E-state index is 0.0326. The molecular weight excluding hydrogens is 336 g/mol. The third kappa shape index (κ3) is 2.75. The fraction of sp³-hybridized carbons (Fsp3) is 0.400. The van der Waals surface area contributed by atoms with Crippen LogP contribution < -0.4 is 9.47 Å². The highest BCUT2D eigenvalue weighted by molar-refractivity contribution is 5.45. The molecule has 0 radical (unpaired) electrons. The first-order valence-corrected chi connectivity index (χ1v) is 8.59. The van der Waals surface area contributed by atoms with E-state index in [0.29, 0.717) is 13.2 Å². The van der Waals surface area contributed by atoms with Gasteiger partial charge in [-0.25, -0.2) is 0 Å². The van der Waals surface area contributed by atoms with Crippen LogP contribution in [-0.2, 0) is 9.47 Å². The molecule has 6 heteroatoms. The van der Waals surface area contributed by atoms with Crippen molar-refractivity contribution in [2.45, 2.75) is 12.2 Å². The quantitative estimate of drug-likeness (QED) is 0.877. The van der Waals surface area contributed by atoms with E-state index in [1.54, 1.807) is 50.6 Å². The van der Waals surface area contributed by atoms with Crippen LogP contribution in [0.2, 0.25) is 0 Å². The van der Waals surface area contributed by atoms with Crippen molar-refractivity contribution in [3.63, 3.8) is 0 Å². The van der Waals surface area contributed by atoms with Gasteiger partial charge in [-0.3, -0.25) is 0 Å². The maximum absolute atomic E-state index is 9.87. The largest absolute Gasteiger partial charge is 0.508 e. The number of rotatable bonds is 3. The standard InChI is InChI=1S/C20H22O6/c1-23-19-13-7-11(21)3-5-17(13)25-9-15(19)16-10-26-18-6-4-12(22)8-14(18)20(16)24-2/h3-8,15-16,19-22H,9-10H2,1-2H3/t15?,16?,19-,20+. The summed E-state index contributed by atoms with van der Waals surface area (Å²) in [7, 11) is 3.31. The van der Waals surface area contributed by atoms with E-state index in [9.17, 15) is 10.2 Å². The summed E-state index contributed by atoms with van der Waals surface area (Å²) in [5.41, 5.74) is 1.64. The first kappa shape index (κ1) is 17.0. The molecular formula is C20H22O6. The second kappa shape index (κ2) is 6.70. The Morgan fingerprint density at radius 2 is 1.19 bits per heavy atom. The fourth-order valence-corrected chi connectivity index (χ4v) is 4.09. The zero-order valence-electron chi connectivity index (χ0n) is 14.7. The Bertz CT molecular complexity index is 737. The Kier molecular flexibility index (Phi) is 4.38. The third-order valence-corrected chi connectivity index (χ3v) is 5.30. The summed E-state index contributed by atoms with van der Waals surface area (Å²) in [6.07, 6.45) is -0.507. The van der Waals surface area contributed by atoms with Crippen molar-refractivity contribution < 1.29 is 29.2 Å². The average molecular weight is 358 g/mol. The average Bonchev–Trinajstić information content (AvgIpc) is 2.65. The molecule has 4 atom stereocenters. The molecule has 6 nitrogen and oxygen atoms in total. The minimum Gasteiger partial charge on any atom is -0.508 e. The number of benzene rings is 2. The van der Waals surface area contributed by atoms with Crippen LogP contribution in [0.25, 0.3) is 0 Å². The summed E-state index contributed by atoms with van der Waals surface area (Å²) in [6, 6.07) is 10.1. The molecule has 0 bridgehead atoms. The topological polar surface area (TPSA) is 77.4 Å². The predicted molar refractivity (Wildman–Crippen MR) is 93.7 cm³/mol. The summed E-state index contributed by atoms with van der Waals surface area (Å²) in [6.45, 7) is 0.913. The van der Waals surface area contributed by atoms with Gasteiger partial charge in [0.2, 0.25) is 0 Å². The smallest absolute Gasteiger partial charge is 0.125 e. The molecule has 0 fully saturated rings. The van der Waals surface area contributed by atoms with Crippen molar-refractivity contribution in [3.8, 4) is 23.0 Å². The van der Waals surface area contributed by atoms with E-state index in [2.05, 4.69) is 0 Å². The van der Waals surface area contributed by atoms with Gasteiger partial charge in [0.15, 0.2) is 0 Å².